The summed E-state index contributed by atoms with van der Waals surface area (Å²) in [7, 11) is 0. The molecule has 0 aliphatic heterocycles. The van der Waals surface area contributed by atoms with Crippen molar-refractivity contribution in [2.24, 2.45) is 0 Å². The Morgan fingerprint density at radius 3 is 1.88 bits per heavy atom. The molecule has 0 aliphatic carbocycles. The molecule has 0 aromatic carbocycles. The Labute approximate surface area is 68.7 Å². The second-order valence-electron chi connectivity index (χ2n) is 2.31. The fourth-order valence-corrected chi connectivity index (χ4v) is 1.83. The van der Waals surface area contributed by atoms with E-state index >= 15 is 0 Å². The predicted octanol–water partition coefficient (Wildman–Crippen LogP) is 3.35. The van der Waals surface area contributed by atoms with Gasteiger partial charge in [0, 0.05) is 4.32 Å². The molecule has 0 aromatic rings. The van der Waals surface area contributed by atoms with Gasteiger partial charge in [0.15, 0.2) is 0 Å². The van der Waals surface area contributed by atoms with Crippen LogP contribution in [0, 0.1) is 0 Å². The van der Waals surface area contributed by atoms with Gasteiger partial charge in [-0.05, 0) is 20.3 Å². The Balaban J connectivity index is 3.39. The summed E-state index contributed by atoms with van der Waals surface area (Å²) in [5.74, 6) is 0. The van der Waals surface area contributed by atoms with Crippen molar-refractivity contribution in [3.8, 4) is 0 Å². The summed E-state index contributed by atoms with van der Waals surface area (Å²) in [6.45, 7) is 4.07. The van der Waals surface area contributed by atoms with Crippen molar-refractivity contribution >= 4 is 39.1 Å². The maximum atomic E-state index is 5.50. The smallest absolute Gasteiger partial charge is 0.105 e. The van der Waals surface area contributed by atoms with Gasteiger partial charge in [0.1, 0.15) is 4.84 Å². The number of halogens is 3. The molecule has 3 heteroatoms. The zero-order valence-corrected chi connectivity index (χ0v) is 8.02. The maximum absolute atomic E-state index is 5.50. The Morgan fingerprint density at radius 2 is 1.88 bits per heavy atom. The summed E-state index contributed by atoms with van der Waals surface area (Å²) < 4.78 is 0.0706. The fourth-order valence-electron chi connectivity index (χ4n) is 0.367. The zero-order valence-electron chi connectivity index (χ0n) is 4.92. The summed E-state index contributed by atoms with van der Waals surface area (Å²) >= 11 is 14.4. The van der Waals surface area contributed by atoms with Crippen LogP contribution in [0.4, 0.5) is 0 Å². The highest BCUT2D eigenvalue weighted by molar-refractivity contribution is 9.10. The third kappa shape index (κ3) is 7.06. The quantitative estimate of drug-likeness (QED) is 0.626. The van der Waals surface area contributed by atoms with Gasteiger partial charge in [-0.2, -0.15) is 0 Å². The summed E-state index contributed by atoms with van der Waals surface area (Å²) in [4.78, 5) is -0.260. The van der Waals surface area contributed by atoms with Gasteiger partial charge in [-0.25, -0.2) is 0 Å². The molecular weight excluding hydrogens is 211 g/mol. The first kappa shape index (κ1) is 9.06. The van der Waals surface area contributed by atoms with E-state index in [9.17, 15) is 0 Å². The van der Waals surface area contributed by atoms with Crippen molar-refractivity contribution < 1.29 is 0 Å². The summed E-state index contributed by atoms with van der Waals surface area (Å²) in [5.41, 5.74) is 0. The van der Waals surface area contributed by atoms with E-state index in [0.717, 1.165) is 6.42 Å². The monoisotopic (exact) mass is 218 g/mol. The van der Waals surface area contributed by atoms with Crippen LogP contribution < -0.4 is 0 Å². The van der Waals surface area contributed by atoms with Crippen molar-refractivity contribution in [2.45, 2.75) is 29.4 Å². The van der Waals surface area contributed by atoms with Crippen molar-refractivity contribution in [1.29, 1.82) is 0 Å². The van der Waals surface area contributed by atoms with Gasteiger partial charge in [-0.1, -0.05) is 15.9 Å². The molecule has 0 heterocycles. The minimum Gasteiger partial charge on any atom is -0.105 e. The van der Waals surface area contributed by atoms with Crippen molar-refractivity contribution in [2.75, 3.05) is 0 Å². The SMILES string of the molecule is CC(C)(Br)CC(Cl)Cl. The molecule has 0 rings (SSSR count). The Hall–Kier alpha value is 1.06. The van der Waals surface area contributed by atoms with Crippen LogP contribution in [0.2, 0.25) is 0 Å². The molecule has 0 amide bonds. The van der Waals surface area contributed by atoms with Crippen LogP contribution in [0.1, 0.15) is 20.3 Å². The van der Waals surface area contributed by atoms with Crippen LogP contribution >= 0.6 is 39.1 Å². The lowest BCUT2D eigenvalue weighted by molar-refractivity contribution is 0.687. The summed E-state index contributed by atoms with van der Waals surface area (Å²) in [6.07, 6.45) is 0.774. The molecule has 0 aliphatic rings. The average molecular weight is 220 g/mol. The molecule has 0 N–H and O–H groups in total. The highest BCUT2D eigenvalue weighted by atomic mass is 79.9. The molecule has 0 bridgehead atoms. The first-order chi connectivity index (χ1) is 3.42. The normalized spacial score (nSPS) is 12.8. The van der Waals surface area contributed by atoms with Gasteiger partial charge in [0.2, 0.25) is 0 Å². The van der Waals surface area contributed by atoms with Crippen LogP contribution in [0.3, 0.4) is 0 Å². The number of rotatable bonds is 2. The molecule has 50 valence electrons. The van der Waals surface area contributed by atoms with Crippen LogP contribution in [-0.2, 0) is 0 Å². The highest BCUT2D eigenvalue weighted by Crippen LogP contribution is 2.26. The standard InChI is InChI=1S/C5H9BrCl2/c1-5(2,6)3-4(7)8/h4H,3H2,1-2H3. The molecule has 0 aromatic heterocycles. The molecule has 0 unspecified atom stereocenters. The Bertz CT molecular complexity index is 65.3. The second kappa shape index (κ2) is 3.28. The van der Waals surface area contributed by atoms with Gasteiger partial charge in [-0.3, -0.25) is 0 Å². The van der Waals surface area contributed by atoms with E-state index in [4.69, 9.17) is 23.2 Å². The topological polar surface area (TPSA) is 0 Å². The number of hydrogen-bond donors (Lipinski definition) is 0. The van der Waals surface area contributed by atoms with Gasteiger partial charge >= 0.3 is 0 Å². The average Bonchev–Trinajstić information content (AvgIpc) is 1.21. The van der Waals surface area contributed by atoms with Crippen LogP contribution in [0.5, 0.6) is 0 Å². The molecular formula is C5H9BrCl2. The molecule has 8 heavy (non-hydrogen) atoms. The molecule has 0 spiro atoms. The van der Waals surface area contributed by atoms with Crippen LogP contribution in [0.15, 0.2) is 0 Å². The van der Waals surface area contributed by atoms with E-state index in [-0.39, 0.29) is 9.16 Å². The van der Waals surface area contributed by atoms with Crippen LogP contribution in [0.25, 0.3) is 0 Å². The first-order valence-corrected chi connectivity index (χ1v) is 4.05. The van der Waals surface area contributed by atoms with Gasteiger partial charge in [0.05, 0.1) is 0 Å². The highest BCUT2D eigenvalue weighted by Gasteiger charge is 2.15. The first-order valence-electron chi connectivity index (χ1n) is 2.39. The van der Waals surface area contributed by atoms with Crippen molar-refractivity contribution in [3.05, 3.63) is 0 Å². The maximum Gasteiger partial charge on any atom is 0.109 e. The third-order valence-corrected chi connectivity index (χ3v) is 1.27. The van der Waals surface area contributed by atoms with E-state index in [0.29, 0.717) is 0 Å². The van der Waals surface area contributed by atoms with E-state index in [1.807, 2.05) is 13.8 Å². The zero-order chi connectivity index (χ0) is 6.78. The summed E-state index contributed by atoms with van der Waals surface area (Å²) in [6, 6.07) is 0. The van der Waals surface area contributed by atoms with Gasteiger partial charge < -0.3 is 0 Å². The van der Waals surface area contributed by atoms with E-state index in [2.05, 4.69) is 15.9 Å². The van der Waals surface area contributed by atoms with Gasteiger partial charge in [0.25, 0.3) is 0 Å². The molecule has 0 atom stereocenters. The lowest BCUT2D eigenvalue weighted by Crippen LogP contribution is -2.12. The van der Waals surface area contributed by atoms with Crippen molar-refractivity contribution in [1.82, 2.24) is 0 Å². The predicted molar refractivity (Wildman–Crippen MR) is 43.1 cm³/mol. The molecule has 0 saturated carbocycles. The van der Waals surface area contributed by atoms with E-state index in [1.54, 1.807) is 0 Å². The minimum atomic E-state index is -0.260. The lowest BCUT2D eigenvalue weighted by atomic mass is 10.2. The van der Waals surface area contributed by atoms with Crippen LogP contribution in [-0.4, -0.2) is 9.16 Å². The van der Waals surface area contributed by atoms with E-state index in [1.165, 1.54) is 0 Å². The van der Waals surface area contributed by atoms with E-state index < -0.39 is 0 Å². The minimum absolute atomic E-state index is 0.0706. The molecule has 0 nitrogen and oxygen atoms in total. The largest absolute Gasteiger partial charge is 0.109 e. The Kier molecular flexibility index (Phi) is 3.72. The molecule has 0 radical (unpaired) electrons. The Morgan fingerprint density at radius 1 is 1.50 bits per heavy atom. The molecule has 0 fully saturated rings. The number of hydrogen-bond acceptors (Lipinski definition) is 0. The number of alkyl halides is 3. The second-order valence-corrected chi connectivity index (χ2v) is 5.74. The summed E-state index contributed by atoms with van der Waals surface area (Å²) in [5, 5.41) is 0. The van der Waals surface area contributed by atoms with Crippen molar-refractivity contribution in [3.63, 3.8) is 0 Å². The van der Waals surface area contributed by atoms with Gasteiger partial charge in [-0.15, -0.1) is 23.2 Å². The fraction of sp³-hybridized carbons (Fsp3) is 1.00. The third-order valence-electron chi connectivity index (χ3n) is 0.640. The molecule has 0 saturated heterocycles. The lowest BCUT2D eigenvalue weighted by Gasteiger charge is -2.15.